The number of hydrogen-bond donors (Lipinski definition) is 0. The zero-order valence-corrected chi connectivity index (χ0v) is 24.4. The zero-order valence-electron chi connectivity index (χ0n) is 22.8. The lowest BCUT2D eigenvalue weighted by Gasteiger charge is -2.52. The predicted octanol–water partition coefficient (Wildman–Crippen LogP) is 3.00. The van der Waals surface area contributed by atoms with E-state index in [0.717, 1.165) is 68.2 Å². The Bertz CT molecular complexity index is 1090. The van der Waals surface area contributed by atoms with Crippen molar-refractivity contribution in [2.75, 3.05) is 32.8 Å². The number of nitrogens with zero attached hydrogens (tertiary/aromatic N) is 1. The summed E-state index contributed by atoms with van der Waals surface area (Å²) in [5, 5.41) is 0. The van der Waals surface area contributed by atoms with Crippen molar-refractivity contribution >= 4 is 11.8 Å². The van der Waals surface area contributed by atoms with E-state index in [1.165, 1.54) is 25.0 Å². The first-order valence-corrected chi connectivity index (χ1v) is 14.5. The Hall–Kier alpha value is -2.25. The summed E-state index contributed by atoms with van der Waals surface area (Å²) < 4.78 is 26.1. The number of benzene rings is 2. The first kappa shape index (κ1) is 29.7. The van der Waals surface area contributed by atoms with Crippen molar-refractivity contribution < 1.29 is 44.9 Å². The molecule has 0 aromatic heterocycles. The molecule has 1 saturated carbocycles. The number of halogens is 2. The molecule has 0 N–H and O–H groups in total. The predicted molar refractivity (Wildman–Crippen MR) is 144 cm³/mol. The molecule has 6 rings (SSSR count). The molecule has 0 unspecified atom stereocenters. The number of fused-ring (bicyclic) bond motifs is 3. The van der Waals surface area contributed by atoms with Crippen LogP contribution in [0.25, 0.3) is 0 Å². The quantitative estimate of drug-likeness (QED) is 0.182. The second-order valence-corrected chi connectivity index (χ2v) is 11.7. The van der Waals surface area contributed by atoms with Crippen molar-refractivity contribution in [1.82, 2.24) is 0 Å². The average molecular weight is 603 g/mol. The second-order valence-electron chi connectivity index (χ2n) is 11.7. The summed E-state index contributed by atoms with van der Waals surface area (Å²) in [5.41, 5.74) is 0.541. The van der Waals surface area contributed by atoms with Gasteiger partial charge in [0.1, 0.15) is 24.7 Å². The van der Waals surface area contributed by atoms with E-state index < -0.39 is 5.41 Å². The molecular formula is C32H41BrFNO4. The van der Waals surface area contributed by atoms with Crippen LogP contribution in [0.3, 0.4) is 0 Å². The smallest absolute Gasteiger partial charge is 0.317 e. The number of carbonyl (C=O) groups is 2. The largest absolute Gasteiger partial charge is 1.00 e. The van der Waals surface area contributed by atoms with Crippen LogP contribution in [0.5, 0.6) is 5.75 Å². The Kier molecular flexibility index (Phi) is 10.2. The highest BCUT2D eigenvalue weighted by molar-refractivity contribution is 5.83. The van der Waals surface area contributed by atoms with Gasteiger partial charge in [0.2, 0.25) is 0 Å². The van der Waals surface area contributed by atoms with Crippen molar-refractivity contribution in [2.45, 2.75) is 75.7 Å². The number of carbonyl (C=O) groups excluding carboxylic acids is 2. The monoisotopic (exact) mass is 601 g/mol. The van der Waals surface area contributed by atoms with Crippen molar-refractivity contribution in [2.24, 2.45) is 5.92 Å². The van der Waals surface area contributed by atoms with Crippen LogP contribution in [0.15, 0.2) is 54.6 Å². The molecule has 2 bridgehead atoms. The number of esters is 1. The molecule has 1 atom stereocenters. The van der Waals surface area contributed by atoms with Crippen LogP contribution < -0.4 is 21.7 Å². The van der Waals surface area contributed by atoms with Crippen LogP contribution in [0.4, 0.5) is 4.39 Å². The molecule has 7 heteroatoms. The van der Waals surface area contributed by atoms with E-state index in [1.807, 2.05) is 18.2 Å². The zero-order chi connectivity index (χ0) is 26.4. The van der Waals surface area contributed by atoms with Gasteiger partial charge < -0.3 is 30.9 Å². The topological polar surface area (TPSA) is 52.6 Å². The van der Waals surface area contributed by atoms with Gasteiger partial charge in [-0.1, -0.05) is 62.1 Å². The third-order valence-corrected chi connectivity index (χ3v) is 9.15. The standard InChI is InChI=1S/C32H41FNO4.BrH/c33-27-12-8-14-29(22-27)37-21-9-13-28(35)23-34-19-15-25(16-20-34)30(24-34)38-31(36)32(17-6-1-2-7-18-32)26-10-4-3-5-11-26;/h3-5,8,10-12,14,22,25,30H,1-2,6-7,9,13,15-21,23-24H2;1H/q+1;/p-1/t25?,30-,34?;/m0./s1. The number of Topliss-reactive ketones (excluding diaryl/α,β-unsaturated/α-hetero) is 1. The maximum absolute atomic E-state index is 13.9. The summed E-state index contributed by atoms with van der Waals surface area (Å²) in [6, 6.07) is 16.3. The molecule has 0 amide bonds. The lowest BCUT2D eigenvalue weighted by Crippen LogP contribution is -3.00. The van der Waals surface area contributed by atoms with E-state index in [1.54, 1.807) is 12.1 Å². The Morgan fingerprint density at radius 3 is 2.36 bits per heavy atom. The summed E-state index contributed by atoms with van der Waals surface area (Å²) >= 11 is 0. The summed E-state index contributed by atoms with van der Waals surface area (Å²) in [4.78, 5) is 26.9. The summed E-state index contributed by atoms with van der Waals surface area (Å²) in [5.74, 6) is 0.731. The Morgan fingerprint density at radius 1 is 0.949 bits per heavy atom. The highest BCUT2D eigenvalue weighted by atomic mass is 79.9. The molecular weight excluding hydrogens is 561 g/mol. The number of rotatable bonds is 10. The number of ether oxygens (including phenoxy) is 2. The average Bonchev–Trinajstić information content (AvgIpc) is 3.19. The summed E-state index contributed by atoms with van der Waals surface area (Å²) in [7, 11) is 0. The van der Waals surface area contributed by atoms with Gasteiger partial charge in [-0.05, 0) is 37.0 Å². The fourth-order valence-electron chi connectivity index (χ4n) is 7.00. The fourth-order valence-corrected chi connectivity index (χ4v) is 7.00. The second kappa shape index (κ2) is 13.4. The molecule has 3 heterocycles. The van der Waals surface area contributed by atoms with E-state index >= 15 is 0 Å². The molecule has 4 aliphatic rings. The maximum atomic E-state index is 13.9. The van der Waals surface area contributed by atoms with Crippen LogP contribution >= 0.6 is 0 Å². The molecule has 39 heavy (non-hydrogen) atoms. The SMILES string of the molecule is O=C(CCCOc1cccc(F)c1)C[N+]12CCC(CC1)[C@@H](OC(=O)C1(c3ccccc3)CCCCCC1)C2.[Br-]. The minimum absolute atomic E-state index is 0. The summed E-state index contributed by atoms with van der Waals surface area (Å²) in [6.45, 7) is 3.58. The summed E-state index contributed by atoms with van der Waals surface area (Å²) in [6.07, 6.45) is 9.09. The number of quaternary nitrogens is 1. The van der Waals surface area contributed by atoms with E-state index in [4.69, 9.17) is 9.47 Å². The van der Waals surface area contributed by atoms with Gasteiger partial charge in [0, 0.05) is 31.2 Å². The minimum Gasteiger partial charge on any atom is -1.00 e. The lowest BCUT2D eigenvalue weighted by atomic mass is 9.74. The molecule has 2 aromatic carbocycles. The first-order valence-electron chi connectivity index (χ1n) is 14.5. The van der Waals surface area contributed by atoms with Gasteiger partial charge in [-0.25, -0.2) is 4.39 Å². The van der Waals surface area contributed by atoms with Gasteiger partial charge in [-0.2, -0.15) is 0 Å². The van der Waals surface area contributed by atoms with Gasteiger partial charge in [0.05, 0.1) is 25.1 Å². The normalized spacial score (nSPS) is 25.7. The molecule has 4 fully saturated rings. The molecule has 3 aliphatic heterocycles. The molecule has 212 valence electrons. The van der Waals surface area contributed by atoms with Crippen molar-refractivity contribution in [1.29, 1.82) is 0 Å². The highest BCUT2D eigenvalue weighted by Gasteiger charge is 2.50. The first-order chi connectivity index (χ1) is 18.5. The molecule has 3 saturated heterocycles. The third-order valence-electron chi connectivity index (χ3n) is 9.15. The minimum atomic E-state index is -0.550. The number of piperidine rings is 3. The van der Waals surface area contributed by atoms with E-state index in [0.29, 0.717) is 37.7 Å². The Morgan fingerprint density at radius 2 is 1.67 bits per heavy atom. The number of ketones is 1. The van der Waals surface area contributed by atoms with E-state index in [9.17, 15) is 14.0 Å². The van der Waals surface area contributed by atoms with Gasteiger partial charge in [0.15, 0.2) is 11.9 Å². The maximum Gasteiger partial charge on any atom is 0.317 e. The van der Waals surface area contributed by atoms with Crippen LogP contribution in [0.1, 0.15) is 69.8 Å². The molecule has 0 radical (unpaired) electrons. The molecule has 0 spiro atoms. The van der Waals surface area contributed by atoms with Crippen LogP contribution in [-0.4, -0.2) is 55.1 Å². The van der Waals surface area contributed by atoms with Gasteiger partial charge in [-0.3, -0.25) is 9.59 Å². The van der Waals surface area contributed by atoms with Gasteiger partial charge >= 0.3 is 5.97 Å². The third kappa shape index (κ3) is 7.10. The fraction of sp³-hybridized carbons (Fsp3) is 0.562. The lowest BCUT2D eigenvalue weighted by molar-refractivity contribution is -0.939. The van der Waals surface area contributed by atoms with Crippen molar-refractivity contribution in [3.05, 3.63) is 66.0 Å². The van der Waals surface area contributed by atoms with Gasteiger partial charge in [-0.15, -0.1) is 0 Å². The van der Waals surface area contributed by atoms with Crippen LogP contribution in [0, 0.1) is 11.7 Å². The molecule has 2 aromatic rings. The van der Waals surface area contributed by atoms with Crippen molar-refractivity contribution in [3.63, 3.8) is 0 Å². The van der Waals surface area contributed by atoms with Crippen molar-refractivity contribution in [3.8, 4) is 5.75 Å². The Labute approximate surface area is 242 Å². The highest BCUT2D eigenvalue weighted by Crippen LogP contribution is 2.42. The molecule has 5 nitrogen and oxygen atoms in total. The number of hydrogen-bond acceptors (Lipinski definition) is 4. The molecule has 1 aliphatic carbocycles. The van der Waals surface area contributed by atoms with E-state index in [-0.39, 0.29) is 40.7 Å². The van der Waals surface area contributed by atoms with Gasteiger partial charge in [0.25, 0.3) is 0 Å². The van der Waals surface area contributed by atoms with E-state index in [2.05, 4.69) is 12.1 Å². The van der Waals surface area contributed by atoms with Crippen LogP contribution in [-0.2, 0) is 19.7 Å². The van der Waals surface area contributed by atoms with Crippen LogP contribution in [0.2, 0.25) is 0 Å². The Balaban J connectivity index is 0.00000353.